The average molecular weight is 207 g/mol. The quantitative estimate of drug-likeness (QED) is 0.761. The van der Waals surface area contributed by atoms with E-state index in [0.29, 0.717) is 12.2 Å². The van der Waals surface area contributed by atoms with Crippen LogP contribution in [0.3, 0.4) is 0 Å². The summed E-state index contributed by atoms with van der Waals surface area (Å²) in [5.74, 6) is -0.899. The highest BCUT2D eigenvalue weighted by molar-refractivity contribution is 5.87. The number of carboxylic acids is 1. The van der Waals surface area contributed by atoms with Crippen LogP contribution in [-0.4, -0.2) is 30.8 Å². The van der Waals surface area contributed by atoms with Crippen LogP contribution >= 0.6 is 0 Å². The molecule has 1 fully saturated rings. The molecule has 1 unspecified atom stereocenters. The Bertz CT molecular complexity index is 341. The Kier molecular flexibility index (Phi) is 2.99. The predicted molar refractivity (Wildman–Crippen MR) is 55.0 cm³/mol. The van der Waals surface area contributed by atoms with Crippen LogP contribution in [0, 0.1) is 0 Å². The van der Waals surface area contributed by atoms with Crippen LogP contribution in [0.2, 0.25) is 0 Å². The summed E-state index contributed by atoms with van der Waals surface area (Å²) in [4.78, 5) is 10.6. The van der Waals surface area contributed by atoms with Crippen molar-refractivity contribution < 1.29 is 14.6 Å². The number of morpholine rings is 1. The summed E-state index contributed by atoms with van der Waals surface area (Å²) in [5, 5.41) is 12.0. The van der Waals surface area contributed by atoms with Gasteiger partial charge in [0.05, 0.1) is 18.3 Å². The minimum Gasteiger partial charge on any atom is -0.478 e. The molecule has 15 heavy (non-hydrogen) atoms. The topological polar surface area (TPSA) is 58.6 Å². The van der Waals surface area contributed by atoms with Gasteiger partial charge >= 0.3 is 5.97 Å². The second-order valence-corrected chi connectivity index (χ2v) is 3.49. The molecule has 1 saturated heterocycles. The van der Waals surface area contributed by atoms with Crippen molar-refractivity contribution in [3.05, 3.63) is 35.4 Å². The molecule has 2 rings (SSSR count). The normalized spacial score (nSPS) is 21.2. The Morgan fingerprint density at radius 2 is 2.13 bits per heavy atom. The number of carboxylic acid groups (broad SMARTS) is 1. The van der Waals surface area contributed by atoms with Crippen molar-refractivity contribution in [2.45, 2.75) is 6.10 Å². The molecule has 1 atom stereocenters. The van der Waals surface area contributed by atoms with E-state index >= 15 is 0 Å². The molecule has 0 amide bonds. The van der Waals surface area contributed by atoms with E-state index in [1.165, 1.54) is 0 Å². The second kappa shape index (κ2) is 4.42. The third-order valence-electron chi connectivity index (χ3n) is 2.46. The highest BCUT2D eigenvalue weighted by Gasteiger charge is 2.15. The van der Waals surface area contributed by atoms with E-state index in [2.05, 4.69) is 5.32 Å². The summed E-state index contributed by atoms with van der Waals surface area (Å²) < 4.78 is 5.55. The van der Waals surface area contributed by atoms with E-state index in [9.17, 15) is 4.79 Å². The van der Waals surface area contributed by atoms with Crippen LogP contribution in [0.1, 0.15) is 22.0 Å². The van der Waals surface area contributed by atoms with Gasteiger partial charge in [0.1, 0.15) is 0 Å². The zero-order valence-corrected chi connectivity index (χ0v) is 8.27. The van der Waals surface area contributed by atoms with Gasteiger partial charge in [0.15, 0.2) is 0 Å². The van der Waals surface area contributed by atoms with Crippen LogP contribution < -0.4 is 5.32 Å². The Morgan fingerprint density at radius 3 is 2.67 bits per heavy atom. The maximum absolute atomic E-state index is 10.6. The SMILES string of the molecule is O=C(O)c1ccc(C2CNCCO2)cc1. The Balaban J connectivity index is 2.11. The van der Waals surface area contributed by atoms with Gasteiger partial charge in [0.25, 0.3) is 0 Å². The van der Waals surface area contributed by atoms with Crippen molar-refractivity contribution in [3.63, 3.8) is 0 Å². The van der Waals surface area contributed by atoms with Gasteiger partial charge < -0.3 is 15.2 Å². The summed E-state index contributed by atoms with van der Waals surface area (Å²) >= 11 is 0. The minimum atomic E-state index is -0.899. The van der Waals surface area contributed by atoms with Gasteiger partial charge in [0.2, 0.25) is 0 Å². The fraction of sp³-hybridized carbons (Fsp3) is 0.364. The highest BCUT2D eigenvalue weighted by Crippen LogP contribution is 2.18. The molecule has 0 bridgehead atoms. The van der Waals surface area contributed by atoms with Crippen molar-refractivity contribution in [2.75, 3.05) is 19.7 Å². The monoisotopic (exact) mass is 207 g/mol. The van der Waals surface area contributed by atoms with E-state index in [1.54, 1.807) is 24.3 Å². The maximum Gasteiger partial charge on any atom is 0.335 e. The van der Waals surface area contributed by atoms with E-state index in [0.717, 1.165) is 18.7 Å². The number of ether oxygens (including phenoxy) is 1. The molecule has 1 aliphatic heterocycles. The first-order valence-corrected chi connectivity index (χ1v) is 4.93. The zero-order chi connectivity index (χ0) is 10.7. The third-order valence-corrected chi connectivity index (χ3v) is 2.46. The molecule has 2 N–H and O–H groups in total. The molecule has 1 aliphatic rings. The lowest BCUT2D eigenvalue weighted by atomic mass is 10.1. The number of benzene rings is 1. The van der Waals surface area contributed by atoms with Gasteiger partial charge in [-0.05, 0) is 17.7 Å². The van der Waals surface area contributed by atoms with Crippen molar-refractivity contribution in [3.8, 4) is 0 Å². The van der Waals surface area contributed by atoms with Crippen LogP contribution in [0.5, 0.6) is 0 Å². The third kappa shape index (κ3) is 2.34. The van der Waals surface area contributed by atoms with E-state index in [4.69, 9.17) is 9.84 Å². The molecule has 4 nitrogen and oxygen atoms in total. The summed E-state index contributed by atoms with van der Waals surface area (Å²) in [6, 6.07) is 6.83. The van der Waals surface area contributed by atoms with Crippen LogP contribution in [0.25, 0.3) is 0 Å². The smallest absolute Gasteiger partial charge is 0.335 e. The molecule has 0 spiro atoms. The summed E-state index contributed by atoms with van der Waals surface area (Å²) in [6.07, 6.45) is 0.0431. The average Bonchev–Trinajstić information content (AvgIpc) is 2.30. The van der Waals surface area contributed by atoms with Gasteiger partial charge in [-0.3, -0.25) is 0 Å². The molecule has 1 aromatic carbocycles. The molecule has 0 aliphatic carbocycles. The first-order valence-electron chi connectivity index (χ1n) is 4.93. The lowest BCUT2D eigenvalue weighted by molar-refractivity contribution is 0.0276. The molecule has 0 radical (unpaired) electrons. The summed E-state index contributed by atoms with van der Waals surface area (Å²) in [5.41, 5.74) is 1.33. The number of aromatic carboxylic acids is 1. The van der Waals surface area contributed by atoms with Crippen LogP contribution in [0.15, 0.2) is 24.3 Å². The predicted octanol–water partition coefficient (Wildman–Crippen LogP) is 1.05. The maximum atomic E-state index is 10.6. The fourth-order valence-electron chi connectivity index (χ4n) is 1.62. The van der Waals surface area contributed by atoms with E-state index in [1.807, 2.05) is 0 Å². The largest absolute Gasteiger partial charge is 0.478 e. The molecule has 1 aromatic rings. The van der Waals surface area contributed by atoms with Gasteiger partial charge in [-0.25, -0.2) is 4.79 Å². The number of nitrogens with one attached hydrogen (secondary N) is 1. The Labute approximate surface area is 87.9 Å². The van der Waals surface area contributed by atoms with Crippen LogP contribution in [-0.2, 0) is 4.74 Å². The standard InChI is InChI=1S/C11H13NO3/c13-11(14)9-3-1-8(2-4-9)10-7-12-5-6-15-10/h1-4,10,12H,5-7H2,(H,13,14). The first kappa shape index (κ1) is 10.1. The van der Waals surface area contributed by atoms with Gasteiger partial charge in [-0.1, -0.05) is 12.1 Å². The van der Waals surface area contributed by atoms with Crippen molar-refractivity contribution in [2.24, 2.45) is 0 Å². The highest BCUT2D eigenvalue weighted by atomic mass is 16.5. The number of carbonyl (C=O) groups is 1. The molecule has 4 heteroatoms. The Morgan fingerprint density at radius 1 is 1.40 bits per heavy atom. The van der Waals surface area contributed by atoms with Crippen LogP contribution in [0.4, 0.5) is 0 Å². The van der Waals surface area contributed by atoms with Crippen molar-refractivity contribution in [1.29, 1.82) is 0 Å². The first-order chi connectivity index (χ1) is 7.27. The summed E-state index contributed by atoms with van der Waals surface area (Å²) in [6.45, 7) is 2.36. The van der Waals surface area contributed by atoms with E-state index < -0.39 is 5.97 Å². The molecular formula is C11H13NO3. The van der Waals surface area contributed by atoms with E-state index in [-0.39, 0.29) is 6.10 Å². The summed E-state index contributed by atoms with van der Waals surface area (Å²) in [7, 11) is 0. The number of hydrogen-bond acceptors (Lipinski definition) is 3. The van der Waals surface area contributed by atoms with Gasteiger partial charge in [0, 0.05) is 13.1 Å². The van der Waals surface area contributed by atoms with Crippen molar-refractivity contribution in [1.82, 2.24) is 5.32 Å². The molecule has 80 valence electrons. The lowest BCUT2D eigenvalue weighted by Crippen LogP contribution is -2.33. The Hall–Kier alpha value is -1.39. The fourth-order valence-corrected chi connectivity index (χ4v) is 1.62. The second-order valence-electron chi connectivity index (χ2n) is 3.49. The number of rotatable bonds is 2. The minimum absolute atomic E-state index is 0.0431. The zero-order valence-electron chi connectivity index (χ0n) is 8.27. The molecule has 0 aromatic heterocycles. The molecular weight excluding hydrogens is 194 g/mol. The van der Waals surface area contributed by atoms with Crippen molar-refractivity contribution >= 4 is 5.97 Å². The lowest BCUT2D eigenvalue weighted by Gasteiger charge is -2.23. The number of hydrogen-bond donors (Lipinski definition) is 2. The van der Waals surface area contributed by atoms with Gasteiger partial charge in [-0.15, -0.1) is 0 Å². The molecule has 0 saturated carbocycles. The molecule has 1 heterocycles. The van der Waals surface area contributed by atoms with Gasteiger partial charge in [-0.2, -0.15) is 0 Å².